The van der Waals surface area contributed by atoms with E-state index < -0.39 is 5.97 Å². The Morgan fingerprint density at radius 3 is 2.50 bits per heavy atom. The van der Waals surface area contributed by atoms with Gasteiger partial charge in [0.05, 0.1) is 19.1 Å². The van der Waals surface area contributed by atoms with E-state index in [-0.39, 0.29) is 11.8 Å². The fourth-order valence-corrected chi connectivity index (χ4v) is 4.38. The van der Waals surface area contributed by atoms with Crippen molar-refractivity contribution < 1.29 is 19.4 Å². The SMILES string of the molecule is O=C(O)C1CCN(CC(=O)N2CCN(Cc3ccc4c(c3)CCO4)CC2)CC1. The van der Waals surface area contributed by atoms with Crippen LogP contribution in [0.5, 0.6) is 5.75 Å². The van der Waals surface area contributed by atoms with Crippen molar-refractivity contribution in [3.05, 3.63) is 29.3 Å². The summed E-state index contributed by atoms with van der Waals surface area (Å²) in [5, 5.41) is 9.08. The Balaban J connectivity index is 1.21. The number of fused-ring (bicyclic) bond motifs is 1. The summed E-state index contributed by atoms with van der Waals surface area (Å²) in [4.78, 5) is 30.1. The molecule has 28 heavy (non-hydrogen) atoms. The molecule has 1 amide bonds. The molecule has 1 aromatic carbocycles. The quantitative estimate of drug-likeness (QED) is 0.815. The molecule has 0 aromatic heterocycles. The number of nitrogens with zero attached hydrogens (tertiary/aromatic N) is 3. The average molecular weight is 387 g/mol. The molecule has 0 unspecified atom stereocenters. The molecule has 2 fully saturated rings. The number of likely N-dealkylation sites (tertiary alicyclic amines) is 1. The average Bonchev–Trinajstić information content (AvgIpc) is 3.17. The molecular formula is C21H29N3O4. The van der Waals surface area contributed by atoms with E-state index in [1.165, 1.54) is 11.1 Å². The van der Waals surface area contributed by atoms with Gasteiger partial charge in [-0.3, -0.25) is 19.4 Å². The van der Waals surface area contributed by atoms with E-state index >= 15 is 0 Å². The Kier molecular flexibility index (Phi) is 5.82. The summed E-state index contributed by atoms with van der Waals surface area (Å²) in [5.41, 5.74) is 2.61. The van der Waals surface area contributed by atoms with Gasteiger partial charge in [0.15, 0.2) is 0 Å². The fraction of sp³-hybridized carbons (Fsp3) is 0.619. The predicted molar refractivity (Wildman–Crippen MR) is 104 cm³/mol. The third-order valence-electron chi connectivity index (χ3n) is 6.18. The number of hydrogen-bond donors (Lipinski definition) is 1. The maximum atomic E-state index is 12.6. The molecule has 3 aliphatic rings. The molecule has 0 aliphatic carbocycles. The van der Waals surface area contributed by atoms with Gasteiger partial charge in [-0.05, 0) is 43.1 Å². The summed E-state index contributed by atoms with van der Waals surface area (Å²) in [6, 6.07) is 6.47. The normalized spacial score (nSPS) is 21.4. The molecular weight excluding hydrogens is 358 g/mol. The predicted octanol–water partition coefficient (Wildman–Crippen LogP) is 1.06. The molecule has 2 saturated heterocycles. The van der Waals surface area contributed by atoms with Gasteiger partial charge in [-0.15, -0.1) is 0 Å². The number of piperidine rings is 1. The van der Waals surface area contributed by atoms with Crippen LogP contribution >= 0.6 is 0 Å². The number of carbonyl (C=O) groups is 2. The highest BCUT2D eigenvalue weighted by molar-refractivity contribution is 5.78. The Bertz CT molecular complexity index is 722. The lowest BCUT2D eigenvalue weighted by Gasteiger charge is -2.37. The maximum Gasteiger partial charge on any atom is 0.306 e. The third-order valence-corrected chi connectivity index (χ3v) is 6.18. The molecule has 0 radical (unpaired) electrons. The molecule has 7 nitrogen and oxygen atoms in total. The second-order valence-electron chi connectivity index (χ2n) is 8.09. The molecule has 152 valence electrons. The van der Waals surface area contributed by atoms with Crippen molar-refractivity contribution in [2.24, 2.45) is 5.92 Å². The first-order valence-electron chi connectivity index (χ1n) is 10.3. The molecule has 7 heteroatoms. The maximum absolute atomic E-state index is 12.6. The summed E-state index contributed by atoms with van der Waals surface area (Å²) in [7, 11) is 0. The number of ether oxygens (including phenoxy) is 1. The summed E-state index contributed by atoms with van der Waals surface area (Å²) in [6.45, 7) is 6.82. The summed E-state index contributed by atoms with van der Waals surface area (Å²) < 4.78 is 5.57. The molecule has 1 N–H and O–H groups in total. The minimum atomic E-state index is -0.710. The number of piperazine rings is 1. The zero-order valence-electron chi connectivity index (χ0n) is 16.3. The number of hydrogen-bond acceptors (Lipinski definition) is 5. The molecule has 3 heterocycles. The van der Waals surface area contributed by atoms with Crippen molar-refractivity contribution in [2.45, 2.75) is 25.8 Å². The Morgan fingerprint density at radius 1 is 1.04 bits per heavy atom. The van der Waals surface area contributed by atoms with Gasteiger partial charge in [-0.1, -0.05) is 12.1 Å². The number of benzene rings is 1. The van der Waals surface area contributed by atoms with Gasteiger partial charge >= 0.3 is 5.97 Å². The van der Waals surface area contributed by atoms with E-state index in [0.717, 1.165) is 51.5 Å². The summed E-state index contributed by atoms with van der Waals surface area (Å²) in [6.07, 6.45) is 2.28. The van der Waals surface area contributed by atoms with Crippen molar-refractivity contribution in [2.75, 3.05) is 52.4 Å². The number of carboxylic acids is 1. The first kappa shape index (κ1) is 19.2. The van der Waals surface area contributed by atoms with Gasteiger partial charge in [-0.25, -0.2) is 0 Å². The smallest absolute Gasteiger partial charge is 0.306 e. The zero-order chi connectivity index (χ0) is 19.5. The van der Waals surface area contributed by atoms with Crippen molar-refractivity contribution in [3.63, 3.8) is 0 Å². The van der Waals surface area contributed by atoms with E-state index in [0.29, 0.717) is 32.5 Å². The summed E-state index contributed by atoms with van der Waals surface area (Å²) in [5.74, 6) is 0.230. The van der Waals surface area contributed by atoms with Crippen LogP contribution in [0.1, 0.15) is 24.0 Å². The lowest BCUT2D eigenvalue weighted by atomic mass is 9.97. The van der Waals surface area contributed by atoms with Gasteiger partial charge in [0.2, 0.25) is 5.91 Å². The lowest BCUT2D eigenvalue weighted by molar-refractivity contribution is -0.143. The van der Waals surface area contributed by atoms with Crippen LogP contribution in [0.15, 0.2) is 18.2 Å². The Hall–Kier alpha value is -2.12. The highest BCUT2D eigenvalue weighted by Crippen LogP contribution is 2.26. The molecule has 1 aromatic rings. The molecule has 4 rings (SSSR count). The van der Waals surface area contributed by atoms with E-state index in [2.05, 4.69) is 28.0 Å². The van der Waals surface area contributed by atoms with Gasteiger partial charge in [-0.2, -0.15) is 0 Å². The van der Waals surface area contributed by atoms with E-state index in [1.807, 2.05) is 4.90 Å². The topological polar surface area (TPSA) is 73.3 Å². The fourth-order valence-electron chi connectivity index (χ4n) is 4.38. The molecule has 0 saturated carbocycles. The number of amides is 1. The van der Waals surface area contributed by atoms with Gasteiger partial charge in [0.1, 0.15) is 5.75 Å². The minimum Gasteiger partial charge on any atom is -0.493 e. The number of carboxylic acid groups (broad SMARTS) is 1. The van der Waals surface area contributed by atoms with Gasteiger partial charge in [0, 0.05) is 39.1 Å². The Morgan fingerprint density at radius 2 is 1.79 bits per heavy atom. The van der Waals surface area contributed by atoms with Crippen LogP contribution in [0.2, 0.25) is 0 Å². The second kappa shape index (κ2) is 8.49. The van der Waals surface area contributed by atoms with Gasteiger partial charge < -0.3 is 14.7 Å². The van der Waals surface area contributed by atoms with E-state index in [1.54, 1.807) is 0 Å². The zero-order valence-corrected chi connectivity index (χ0v) is 16.3. The van der Waals surface area contributed by atoms with Crippen LogP contribution in [0.25, 0.3) is 0 Å². The lowest BCUT2D eigenvalue weighted by Crippen LogP contribution is -2.51. The number of rotatable bonds is 5. The standard InChI is InChI=1S/C21H29N3O4/c25-20(15-22-6-3-17(4-7-22)21(26)27)24-10-8-23(9-11-24)14-16-1-2-19-18(13-16)5-12-28-19/h1-2,13,17H,3-12,14-15H2,(H,26,27). The van der Waals surface area contributed by atoms with Crippen LogP contribution in [0.4, 0.5) is 0 Å². The van der Waals surface area contributed by atoms with Crippen molar-refractivity contribution in [3.8, 4) is 5.75 Å². The van der Waals surface area contributed by atoms with Crippen LogP contribution in [-0.4, -0.2) is 84.1 Å². The monoisotopic (exact) mass is 387 g/mol. The van der Waals surface area contributed by atoms with Crippen molar-refractivity contribution in [1.82, 2.24) is 14.7 Å². The van der Waals surface area contributed by atoms with Crippen LogP contribution in [-0.2, 0) is 22.6 Å². The van der Waals surface area contributed by atoms with Crippen LogP contribution in [0, 0.1) is 5.92 Å². The minimum absolute atomic E-state index is 0.170. The van der Waals surface area contributed by atoms with Crippen molar-refractivity contribution in [1.29, 1.82) is 0 Å². The third kappa shape index (κ3) is 4.47. The van der Waals surface area contributed by atoms with E-state index in [9.17, 15) is 9.59 Å². The van der Waals surface area contributed by atoms with Gasteiger partial charge in [0.25, 0.3) is 0 Å². The Labute approximate surface area is 165 Å². The molecule has 0 bridgehead atoms. The molecule has 3 aliphatic heterocycles. The second-order valence-corrected chi connectivity index (χ2v) is 8.09. The molecule has 0 atom stereocenters. The first-order chi connectivity index (χ1) is 13.6. The summed E-state index contributed by atoms with van der Waals surface area (Å²) >= 11 is 0. The van der Waals surface area contributed by atoms with Crippen LogP contribution < -0.4 is 4.74 Å². The largest absolute Gasteiger partial charge is 0.493 e. The first-order valence-corrected chi connectivity index (χ1v) is 10.3. The number of carbonyl (C=O) groups excluding carboxylic acids is 1. The van der Waals surface area contributed by atoms with E-state index in [4.69, 9.17) is 9.84 Å². The highest BCUT2D eigenvalue weighted by Gasteiger charge is 2.28. The van der Waals surface area contributed by atoms with Crippen molar-refractivity contribution >= 4 is 11.9 Å². The number of aliphatic carboxylic acids is 1. The molecule has 0 spiro atoms. The highest BCUT2D eigenvalue weighted by atomic mass is 16.5. The van der Waals surface area contributed by atoms with Crippen LogP contribution in [0.3, 0.4) is 0 Å².